The molecule has 0 aliphatic heterocycles. The van der Waals surface area contributed by atoms with Crippen LogP contribution in [0.5, 0.6) is 0 Å². The number of nitro benzene ring substituents is 1. The third-order valence-corrected chi connectivity index (χ3v) is 3.13. The number of rotatable bonds is 4. The number of hydrogen-bond acceptors (Lipinski definition) is 7. The van der Waals surface area contributed by atoms with Gasteiger partial charge in [0.05, 0.1) is 4.92 Å². The summed E-state index contributed by atoms with van der Waals surface area (Å²) in [6.07, 6.45) is 1.42. The van der Waals surface area contributed by atoms with Crippen molar-refractivity contribution in [3.63, 3.8) is 0 Å². The molecule has 2 N–H and O–H groups in total. The highest BCUT2D eigenvalue weighted by Gasteiger charge is 2.15. The Hall–Kier alpha value is -3.56. The predicted octanol–water partition coefficient (Wildman–Crippen LogP) is 1.10. The van der Waals surface area contributed by atoms with E-state index < -0.39 is 10.8 Å². The van der Waals surface area contributed by atoms with Gasteiger partial charge in [-0.3, -0.25) is 25.8 Å². The second-order valence-electron chi connectivity index (χ2n) is 4.69. The first kappa shape index (κ1) is 14.4. The highest BCUT2D eigenvalue weighted by molar-refractivity contribution is 5.95. The number of amides is 1. The van der Waals surface area contributed by atoms with Crippen molar-refractivity contribution in [2.45, 2.75) is 6.92 Å². The van der Waals surface area contributed by atoms with Crippen LogP contribution in [0.25, 0.3) is 5.65 Å². The number of fused-ring (bicyclic) bond motifs is 1. The summed E-state index contributed by atoms with van der Waals surface area (Å²) < 4.78 is 1.44. The number of carbonyl (C=O) groups excluding carboxylic acids is 1. The minimum absolute atomic E-state index is 0.110. The maximum atomic E-state index is 12.1. The standard InChI is InChI=1S/C13H11N7O3/c1-8-2-3-9(6-10(8)20(22)23)13(21)17-15-11-4-5-12-16-14-7-19(12)18-11/h2-7H,1H3,(H,15,18)(H,17,21). The maximum Gasteiger partial charge on any atom is 0.273 e. The molecule has 10 heteroatoms. The normalized spacial score (nSPS) is 10.5. The zero-order chi connectivity index (χ0) is 16.4. The monoisotopic (exact) mass is 313 g/mol. The maximum absolute atomic E-state index is 12.1. The summed E-state index contributed by atoms with van der Waals surface area (Å²) in [5, 5.41) is 22.5. The fourth-order valence-corrected chi connectivity index (χ4v) is 1.94. The van der Waals surface area contributed by atoms with E-state index in [-0.39, 0.29) is 11.3 Å². The van der Waals surface area contributed by atoms with Crippen LogP contribution in [0.15, 0.2) is 36.7 Å². The topological polar surface area (TPSA) is 127 Å². The predicted molar refractivity (Wildman–Crippen MR) is 79.7 cm³/mol. The van der Waals surface area contributed by atoms with Gasteiger partial charge in [0, 0.05) is 17.2 Å². The Morgan fingerprint density at radius 3 is 2.91 bits per heavy atom. The van der Waals surface area contributed by atoms with Crippen molar-refractivity contribution in [2.75, 3.05) is 5.43 Å². The molecule has 1 aromatic carbocycles. The molecule has 116 valence electrons. The summed E-state index contributed by atoms with van der Waals surface area (Å²) in [6, 6.07) is 7.54. The molecule has 0 unspecified atom stereocenters. The number of aromatic nitrogens is 4. The van der Waals surface area contributed by atoms with Gasteiger partial charge >= 0.3 is 0 Å². The number of carbonyl (C=O) groups is 1. The average Bonchev–Trinajstić information content (AvgIpc) is 3.00. The smallest absolute Gasteiger partial charge is 0.273 e. The van der Waals surface area contributed by atoms with Crippen molar-refractivity contribution in [1.82, 2.24) is 25.2 Å². The van der Waals surface area contributed by atoms with E-state index in [0.29, 0.717) is 17.0 Å². The summed E-state index contributed by atoms with van der Waals surface area (Å²) in [4.78, 5) is 22.4. The SMILES string of the molecule is Cc1ccc(C(=O)NNc2ccc3nncn3n2)cc1[N+](=O)[O-]. The summed E-state index contributed by atoms with van der Waals surface area (Å²) in [6.45, 7) is 1.61. The van der Waals surface area contributed by atoms with Crippen LogP contribution in [0.4, 0.5) is 11.5 Å². The molecule has 2 aromatic heterocycles. The van der Waals surface area contributed by atoms with Gasteiger partial charge in [0.15, 0.2) is 11.5 Å². The lowest BCUT2D eigenvalue weighted by Crippen LogP contribution is -2.30. The Morgan fingerprint density at radius 1 is 1.30 bits per heavy atom. The number of hydrogen-bond donors (Lipinski definition) is 2. The van der Waals surface area contributed by atoms with Crippen molar-refractivity contribution >= 4 is 23.1 Å². The molecule has 23 heavy (non-hydrogen) atoms. The minimum atomic E-state index is -0.527. The number of nitro groups is 1. The molecule has 0 spiro atoms. The Morgan fingerprint density at radius 2 is 2.13 bits per heavy atom. The van der Waals surface area contributed by atoms with Crippen molar-refractivity contribution < 1.29 is 9.72 Å². The molecule has 0 radical (unpaired) electrons. The van der Waals surface area contributed by atoms with E-state index in [1.165, 1.54) is 29.0 Å². The van der Waals surface area contributed by atoms with E-state index in [0.717, 1.165) is 0 Å². The molecule has 1 amide bonds. The highest BCUT2D eigenvalue weighted by Crippen LogP contribution is 2.19. The van der Waals surface area contributed by atoms with Crippen molar-refractivity contribution in [3.05, 3.63) is 57.9 Å². The molecular formula is C13H11N7O3. The summed E-state index contributed by atoms with van der Waals surface area (Å²) in [5.74, 6) is -0.147. The molecule has 0 saturated heterocycles. The number of nitrogens with one attached hydrogen (secondary N) is 2. The molecule has 0 saturated carbocycles. The van der Waals surface area contributed by atoms with Crippen LogP contribution >= 0.6 is 0 Å². The molecule has 10 nitrogen and oxygen atoms in total. The fraction of sp³-hybridized carbons (Fsp3) is 0.0769. The van der Waals surface area contributed by atoms with E-state index in [1.54, 1.807) is 19.1 Å². The van der Waals surface area contributed by atoms with E-state index in [2.05, 4.69) is 26.1 Å². The molecule has 0 aliphatic rings. The van der Waals surface area contributed by atoms with Crippen LogP contribution in [0, 0.1) is 17.0 Å². The van der Waals surface area contributed by atoms with Gasteiger partial charge in [-0.15, -0.1) is 15.3 Å². The van der Waals surface area contributed by atoms with Crippen LogP contribution in [0.2, 0.25) is 0 Å². The highest BCUT2D eigenvalue weighted by atomic mass is 16.6. The van der Waals surface area contributed by atoms with Crippen molar-refractivity contribution in [1.29, 1.82) is 0 Å². The first-order valence-corrected chi connectivity index (χ1v) is 6.53. The van der Waals surface area contributed by atoms with E-state index >= 15 is 0 Å². The zero-order valence-electron chi connectivity index (χ0n) is 11.9. The lowest BCUT2D eigenvalue weighted by molar-refractivity contribution is -0.385. The quantitative estimate of drug-likeness (QED) is 0.545. The van der Waals surface area contributed by atoms with Crippen LogP contribution < -0.4 is 10.9 Å². The first-order valence-electron chi connectivity index (χ1n) is 6.53. The molecule has 3 rings (SSSR count). The van der Waals surface area contributed by atoms with Gasteiger partial charge in [0.25, 0.3) is 11.6 Å². The third-order valence-electron chi connectivity index (χ3n) is 3.13. The summed E-state index contributed by atoms with van der Waals surface area (Å²) >= 11 is 0. The summed E-state index contributed by atoms with van der Waals surface area (Å²) in [5.41, 5.74) is 6.17. The van der Waals surface area contributed by atoms with E-state index in [4.69, 9.17) is 0 Å². The Bertz CT molecular complexity index is 905. The Balaban J connectivity index is 1.74. The second-order valence-corrected chi connectivity index (χ2v) is 4.69. The molecule has 0 atom stereocenters. The number of anilines is 1. The fourth-order valence-electron chi connectivity index (χ4n) is 1.94. The lowest BCUT2D eigenvalue weighted by atomic mass is 10.1. The summed E-state index contributed by atoms with van der Waals surface area (Å²) in [7, 11) is 0. The van der Waals surface area contributed by atoms with Gasteiger partial charge in [-0.1, -0.05) is 6.07 Å². The average molecular weight is 313 g/mol. The zero-order valence-corrected chi connectivity index (χ0v) is 11.9. The third kappa shape index (κ3) is 2.90. The van der Waals surface area contributed by atoms with Gasteiger partial charge < -0.3 is 0 Å². The minimum Gasteiger partial charge on any atom is -0.280 e. The molecule has 0 bridgehead atoms. The largest absolute Gasteiger partial charge is 0.280 e. The Labute approximate surface area is 129 Å². The first-order chi connectivity index (χ1) is 11.0. The molecule has 0 aliphatic carbocycles. The van der Waals surface area contributed by atoms with Crippen LogP contribution in [-0.4, -0.2) is 30.6 Å². The van der Waals surface area contributed by atoms with Crippen molar-refractivity contribution in [3.8, 4) is 0 Å². The number of aryl methyl sites for hydroxylation is 1. The Kier molecular flexibility index (Phi) is 3.55. The molecular weight excluding hydrogens is 302 g/mol. The van der Waals surface area contributed by atoms with Gasteiger partial charge in [0.2, 0.25) is 0 Å². The number of nitrogens with zero attached hydrogens (tertiary/aromatic N) is 5. The number of benzene rings is 1. The molecule has 3 aromatic rings. The second kappa shape index (κ2) is 5.67. The van der Waals surface area contributed by atoms with E-state index in [1.807, 2.05) is 0 Å². The van der Waals surface area contributed by atoms with Crippen LogP contribution in [0.3, 0.4) is 0 Å². The van der Waals surface area contributed by atoms with Gasteiger partial charge in [-0.2, -0.15) is 4.52 Å². The van der Waals surface area contributed by atoms with Gasteiger partial charge in [0.1, 0.15) is 6.33 Å². The van der Waals surface area contributed by atoms with Gasteiger partial charge in [-0.25, -0.2) is 0 Å². The van der Waals surface area contributed by atoms with Crippen molar-refractivity contribution in [2.24, 2.45) is 0 Å². The molecule has 2 heterocycles. The van der Waals surface area contributed by atoms with E-state index in [9.17, 15) is 14.9 Å². The molecule has 0 fully saturated rings. The van der Waals surface area contributed by atoms with Crippen LogP contribution in [-0.2, 0) is 0 Å². The number of hydrazine groups is 1. The van der Waals surface area contributed by atoms with Crippen LogP contribution in [0.1, 0.15) is 15.9 Å². The van der Waals surface area contributed by atoms with Gasteiger partial charge in [-0.05, 0) is 25.1 Å². The lowest BCUT2D eigenvalue weighted by Gasteiger charge is -2.08.